The van der Waals surface area contributed by atoms with Crippen LogP contribution in [0.5, 0.6) is 11.5 Å². The van der Waals surface area contributed by atoms with Crippen LogP contribution in [0.3, 0.4) is 0 Å². The first-order valence-electron chi connectivity index (χ1n) is 5.27. The first-order chi connectivity index (χ1) is 7.98. The monoisotopic (exact) mass is 240 g/mol. The third-order valence-corrected chi connectivity index (χ3v) is 3.18. The molecule has 1 aromatic rings. The molecule has 0 heterocycles. The van der Waals surface area contributed by atoms with Gasteiger partial charge in [-0.3, -0.25) is 4.79 Å². The zero-order chi connectivity index (χ0) is 12.6. The largest absolute Gasteiger partial charge is 0.504 e. The smallest absolute Gasteiger partial charge is 0.304 e. The summed E-state index contributed by atoms with van der Waals surface area (Å²) in [5.41, 5.74) is 0.00636. The molecule has 1 aliphatic rings. The van der Waals surface area contributed by atoms with E-state index in [1.165, 1.54) is 19.2 Å². The van der Waals surface area contributed by atoms with Gasteiger partial charge in [0, 0.05) is 5.41 Å². The van der Waals surface area contributed by atoms with E-state index in [0.717, 1.165) is 0 Å². The van der Waals surface area contributed by atoms with Crippen molar-refractivity contribution in [2.24, 2.45) is 0 Å². The third-order valence-electron chi connectivity index (χ3n) is 3.18. The number of rotatable bonds is 4. The zero-order valence-corrected chi connectivity index (χ0v) is 9.36. The second-order valence-electron chi connectivity index (χ2n) is 4.36. The van der Waals surface area contributed by atoms with Gasteiger partial charge in [0.25, 0.3) is 0 Å². The van der Waals surface area contributed by atoms with Crippen LogP contribution < -0.4 is 4.74 Å². The molecule has 17 heavy (non-hydrogen) atoms. The van der Waals surface area contributed by atoms with Gasteiger partial charge in [-0.1, -0.05) is 0 Å². The number of carboxylic acids is 1. The number of ether oxygens (including phenoxy) is 1. The van der Waals surface area contributed by atoms with Crippen molar-refractivity contribution in [2.75, 3.05) is 7.11 Å². The summed E-state index contributed by atoms with van der Waals surface area (Å²) in [6.07, 6.45) is 1.35. The van der Waals surface area contributed by atoms with E-state index in [4.69, 9.17) is 9.84 Å². The maximum atomic E-state index is 13.6. The first-order valence-corrected chi connectivity index (χ1v) is 5.27. The molecule has 0 unspecified atom stereocenters. The lowest BCUT2D eigenvalue weighted by atomic mass is 9.92. The van der Waals surface area contributed by atoms with Crippen LogP contribution in [-0.2, 0) is 10.2 Å². The summed E-state index contributed by atoms with van der Waals surface area (Å²) in [6, 6.07) is 2.63. The number of aliphatic carboxylic acids is 1. The Morgan fingerprint density at radius 2 is 2.18 bits per heavy atom. The molecule has 0 radical (unpaired) electrons. The normalized spacial score (nSPS) is 16.6. The molecule has 1 aromatic carbocycles. The minimum Gasteiger partial charge on any atom is -0.504 e. The van der Waals surface area contributed by atoms with Gasteiger partial charge in [-0.25, -0.2) is 4.39 Å². The zero-order valence-electron chi connectivity index (χ0n) is 9.36. The number of carboxylic acid groups (broad SMARTS) is 1. The summed E-state index contributed by atoms with van der Waals surface area (Å²) in [4.78, 5) is 10.7. The minimum atomic E-state index is -0.918. The van der Waals surface area contributed by atoms with Gasteiger partial charge in [-0.2, -0.15) is 0 Å². The van der Waals surface area contributed by atoms with Gasteiger partial charge in [-0.05, 0) is 30.5 Å². The molecule has 0 atom stereocenters. The molecule has 0 aromatic heterocycles. The molecule has 92 valence electrons. The molecule has 1 saturated carbocycles. The molecule has 4 nitrogen and oxygen atoms in total. The highest BCUT2D eigenvalue weighted by molar-refractivity contribution is 5.70. The maximum Gasteiger partial charge on any atom is 0.304 e. The number of carbonyl (C=O) groups is 1. The fraction of sp³-hybridized carbons (Fsp3) is 0.417. The maximum absolute atomic E-state index is 13.6. The van der Waals surface area contributed by atoms with Crippen molar-refractivity contribution < 1.29 is 24.1 Å². The fourth-order valence-corrected chi connectivity index (χ4v) is 2.10. The molecule has 0 saturated heterocycles. The highest BCUT2D eigenvalue weighted by Crippen LogP contribution is 2.52. The summed E-state index contributed by atoms with van der Waals surface area (Å²) >= 11 is 0. The molecular weight excluding hydrogens is 227 g/mol. The predicted octanol–water partition coefficient (Wildman–Crippen LogP) is 2.05. The van der Waals surface area contributed by atoms with Crippen LogP contribution in [0.4, 0.5) is 4.39 Å². The van der Waals surface area contributed by atoms with E-state index < -0.39 is 17.2 Å². The molecule has 1 fully saturated rings. The number of methoxy groups -OCH3 is 1. The summed E-state index contributed by atoms with van der Waals surface area (Å²) in [7, 11) is 1.27. The number of aromatic hydroxyl groups is 1. The quantitative estimate of drug-likeness (QED) is 0.845. The van der Waals surface area contributed by atoms with Crippen LogP contribution in [0.15, 0.2) is 12.1 Å². The Morgan fingerprint density at radius 1 is 1.53 bits per heavy atom. The van der Waals surface area contributed by atoms with Gasteiger partial charge < -0.3 is 14.9 Å². The van der Waals surface area contributed by atoms with E-state index in [-0.39, 0.29) is 17.9 Å². The lowest BCUT2D eigenvalue weighted by molar-refractivity contribution is -0.137. The standard InChI is InChI=1S/C12H13FO4/c1-17-11-8(13)4-7(5-9(11)14)12(2-3-12)6-10(15)16/h4-5,14H,2-3,6H2,1H3,(H,15,16). The summed E-state index contributed by atoms with van der Waals surface area (Å²) in [6.45, 7) is 0. The van der Waals surface area contributed by atoms with E-state index in [2.05, 4.69) is 0 Å². The summed E-state index contributed by atoms with van der Waals surface area (Å²) < 4.78 is 18.3. The molecule has 2 N–H and O–H groups in total. The summed E-state index contributed by atoms with van der Waals surface area (Å²) in [5, 5.41) is 18.4. The predicted molar refractivity (Wildman–Crippen MR) is 57.8 cm³/mol. The van der Waals surface area contributed by atoms with E-state index in [1.54, 1.807) is 0 Å². The Balaban J connectivity index is 2.37. The Morgan fingerprint density at radius 3 is 2.59 bits per heavy atom. The van der Waals surface area contributed by atoms with E-state index in [0.29, 0.717) is 18.4 Å². The third kappa shape index (κ3) is 2.05. The van der Waals surface area contributed by atoms with E-state index >= 15 is 0 Å². The Labute approximate surface area is 97.6 Å². The Bertz CT molecular complexity index is 443. The lowest BCUT2D eigenvalue weighted by Crippen LogP contribution is -2.13. The number of benzene rings is 1. The van der Waals surface area contributed by atoms with Crippen LogP contribution in [0.2, 0.25) is 0 Å². The van der Waals surface area contributed by atoms with Crippen molar-refractivity contribution in [3.63, 3.8) is 0 Å². The van der Waals surface area contributed by atoms with Crippen LogP contribution in [0, 0.1) is 5.82 Å². The first kappa shape index (κ1) is 11.7. The molecule has 0 amide bonds. The Hall–Kier alpha value is -1.78. The number of phenolic OH excluding ortho intramolecular Hbond substituents is 1. The molecule has 0 spiro atoms. The van der Waals surface area contributed by atoms with Gasteiger partial charge in [-0.15, -0.1) is 0 Å². The van der Waals surface area contributed by atoms with Gasteiger partial charge in [0.2, 0.25) is 0 Å². The SMILES string of the molecule is COc1c(O)cc(C2(CC(=O)O)CC2)cc1F. The molecule has 2 rings (SSSR count). The molecule has 0 aliphatic heterocycles. The molecule has 1 aliphatic carbocycles. The fourth-order valence-electron chi connectivity index (χ4n) is 2.10. The van der Waals surface area contributed by atoms with Crippen molar-refractivity contribution >= 4 is 5.97 Å². The number of phenols is 1. The van der Waals surface area contributed by atoms with Crippen LogP contribution >= 0.6 is 0 Å². The van der Waals surface area contributed by atoms with Gasteiger partial charge >= 0.3 is 5.97 Å². The van der Waals surface area contributed by atoms with Crippen LogP contribution in [0.1, 0.15) is 24.8 Å². The molecule has 0 bridgehead atoms. The second-order valence-corrected chi connectivity index (χ2v) is 4.36. The average Bonchev–Trinajstić information content (AvgIpc) is 2.97. The lowest BCUT2D eigenvalue weighted by Gasteiger charge is -2.15. The summed E-state index contributed by atoms with van der Waals surface area (Å²) in [5.74, 6) is -2.09. The van der Waals surface area contributed by atoms with Crippen LogP contribution in [0.25, 0.3) is 0 Å². The van der Waals surface area contributed by atoms with Gasteiger partial charge in [0.05, 0.1) is 13.5 Å². The van der Waals surface area contributed by atoms with Crippen molar-refractivity contribution in [2.45, 2.75) is 24.7 Å². The van der Waals surface area contributed by atoms with Gasteiger partial charge in [0.15, 0.2) is 17.3 Å². The highest BCUT2D eigenvalue weighted by Gasteiger charge is 2.46. The second kappa shape index (κ2) is 3.91. The van der Waals surface area contributed by atoms with Gasteiger partial charge in [0.1, 0.15) is 0 Å². The topological polar surface area (TPSA) is 66.8 Å². The van der Waals surface area contributed by atoms with Crippen LogP contribution in [-0.4, -0.2) is 23.3 Å². The molecule has 5 heteroatoms. The van der Waals surface area contributed by atoms with Crippen molar-refractivity contribution in [1.82, 2.24) is 0 Å². The highest BCUT2D eigenvalue weighted by atomic mass is 19.1. The van der Waals surface area contributed by atoms with E-state index in [9.17, 15) is 14.3 Å². The Kier molecular flexibility index (Phi) is 2.69. The number of hydrogen-bond acceptors (Lipinski definition) is 3. The van der Waals surface area contributed by atoms with E-state index in [1.807, 2.05) is 0 Å². The number of halogens is 1. The van der Waals surface area contributed by atoms with Crippen molar-refractivity contribution in [3.05, 3.63) is 23.5 Å². The average molecular weight is 240 g/mol. The molecular formula is C12H13FO4. The minimum absolute atomic E-state index is 0.0434. The number of hydrogen-bond donors (Lipinski definition) is 2. The van der Waals surface area contributed by atoms with Crippen molar-refractivity contribution in [3.8, 4) is 11.5 Å². The van der Waals surface area contributed by atoms with Crippen molar-refractivity contribution in [1.29, 1.82) is 0 Å².